The van der Waals surface area contributed by atoms with Gasteiger partial charge >= 0.3 is 0 Å². The zero-order chi connectivity index (χ0) is 13.1. The highest BCUT2D eigenvalue weighted by molar-refractivity contribution is 7.11. The van der Waals surface area contributed by atoms with E-state index in [4.69, 9.17) is 4.74 Å². The molecule has 0 saturated carbocycles. The standard InChI is InChI=1S/C13H17N3OS/c1-8-9(2)18-13(16-8)12(14-3)10-5-6-11(17-4)15-7-10/h5-7,12,14H,1-4H3. The summed E-state index contributed by atoms with van der Waals surface area (Å²) in [6, 6.07) is 3.97. The molecule has 0 amide bonds. The molecule has 0 aromatic carbocycles. The van der Waals surface area contributed by atoms with Gasteiger partial charge in [0.1, 0.15) is 5.01 Å². The van der Waals surface area contributed by atoms with Crippen molar-refractivity contribution in [3.63, 3.8) is 0 Å². The van der Waals surface area contributed by atoms with Crippen LogP contribution < -0.4 is 10.1 Å². The molecular formula is C13H17N3OS. The van der Waals surface area contributed by atoms with Crippen LogP contribution in [0.5, 0.6) is 5.88 Å². The minimum atomic E-state index is 0.0841. The normalized spacial score (nSPS) is 12.4. The molecule has 0 radical (unpaired) electrons. The van der Waals surface area contributed by atoms with E-state index in [-0.39, 0.29) is 6.04 Å². The van der Waals surface area contributed by atoms with Gasteiger partial charge in [0, 0.05) is 17.1 Å². The summed E-state index contributed by atoms with van der Waals surface area (Å²) in [7, 11) is 3.55. The summed E-state index contributed by atoms with van der Waals surface area (Å²) in [6.45, 7) is 4.13. The average molecular weight is 263 g/mol. The highest BCUT2D eigenvalue weighted by atomic mass is 32.1. The lowest BCUT2D eigenvalue weighted by molar-refractivity contribution is 0.397. The number of nitrogens with zero attached hydrogens (tertiary/aromatic N) is 2. The van der Waals surface area contributed by atoms with Crippen LogP contribution in [0.15, 0.2) is 18.3 Å². The third-order valence-electron chi connectivity index (χ3n) is 2.88. The van der Waals surface area contributed by atoms with Crippen LogP contribution >= 0.6 is 11.3 Å². The lowest BCUT2D eigenvalue weighted by Gasteiger charge is -2.13. The van der Waals surface area contributed by atoms with Crippen molar-refractivity contribution in [3.05, 3.63) is 39.5 Å². The van der Waals surface area contributed by atoms with Crippen LogP contribution in [0, 0.1) is 13.8 Å². The Hall–Kier alpha value is -1.46. The predicted octanol–water partition coefficient (Wildman–Crippen LogP) is 2.47. The van der Waals surface area contributed by atoms with E-state index < -0.39 is 0 Å². The van der Waals surface area contributed by atoms with E-state index in [0.717, 1.165) is 16.3 Å². The van der Waals surface area contributed by atoms with E-state index in [2.05, 4.69) is 22.2 Å². The Morgan fingerprint density at radius 2 is 2.11 bits per heavy atom. The smallest absolute Gasteiger partial charge is 0.212 e. The van der Waals surface area contributed by atoms with Crippen LogP contribution in [0.1, 0.15) is 27.2 Å². The van der Waals surface area contributed by atoms with E-state index in [1.165, 1.54) is 4.88 Å². The number of aromatic nitrogens is 2. The second-order valence-electron chi connectivity index (χ2n) is 4.05. The summed E-state index contributed by atoms with van der Waals surface area (Å²) in [5.74, 6) is 0.625. The molecule has 2 aromatic rings. The molecule has 1 atom stereocenters. The fraction of sp³-hybridized carbons (Fsp3) is 0.385. The molecule has 0 fully saturated rings. The maximum absolute atomic E-state index is 5.07. The first-order chi connectivity index (χ1) is 8.65. The van der Waals surface area contributed by atoms with Gasteiger partial charge in [-0.15, -0.1) is 11.3 Å². The Balaban J connectivity index is 2.32. The summed E-state index contributed by atoms with van der Waals surface area (Å²) < 4.78 is 5.07. The van der Waals surface area contributed by atoms with E-state index in [1.807, 2.05) is 32.3 Å². The van der Waals surface area contributed by atoms with Crippen molar-refractivity contribution in [1.82, 2.24) is 15.3 Å². The van der Waals surface area contributed by atoms with Gasteiger partial charge in [0.15, 0.2) is 0 Å². The molecule has 5 heteroatoms. The molecule has 0 saturated heterocycles. The third kappa shape index (κ3) is 2.52. The molecule has 1 N–H and O–H groups in total. The van der Waals surface area contributed by atoms with E-state index in [0.29, 0.717) is 5.88 Å². The molecule has 2 aromatic heterocycles. The monoisotopic (exact) mass is 263 g/mol. The molecular weight excluding hydrogens is 246 g/mol. The molecule has 96 valence electrons. The van der Waals surface area contributed by atoms with Gasteiger partial charge in [-0.05, 0) is 26.5 Å². The van der Waals surface area contributed by atoms with Crippen molar-refractivity contribution in [2.24, 2.45) is 0 Å². The molecule has 2 rings (SSSR count). The summed E-state index contributed by atoms with van der Waals surface area (Å²) in [5, 5.41) is 4.35. The zero-order valence-electron chi connectivity index (χ0n) is 11.0. The largest absolute Gasteiger partial charge is 0.481 e. The molecule has 4 nitrogen and oxygen atoms in total. The SMILES string of the molecule is CNC(c1ccc(OC)nc1)c1nc(C)c(C)s1. The number of ether oxygens (including phenoxy) is 1. The second kappa shape index (κ2) is 5.46. The molecule has 0 spiro atoms. The fourth-order valence-electron chi connectivity index (χ4n) is 1.74. The van der Waals surface area contributed by atoms with Crippen LogP contribution in [0.2, 0.25) is 0 Å². The summed E-state index contributed by atoms with van der Waals surface area (Å²) >= 11 is 1.72. The number of hydrogen-bond donors (Lipinski definition) is 1. The summed E-state index contributed by atoms with van der Waals surface area (Å²) in [4.78, 5) is 10.1. The highest BCUT2D eigenvalue weighted by Gasteiger charge is 2.17. The number of rotatable bonds is 4. The lowest BCUT2D eigenvalue weighted by atomic mass is 10.1. The fourth-order valence-corrected chi connectivity index (χ4v) is 2.80. The van der Waals surface area contributed by atoms with Crippen LogP contribution in [-0.4, -0.2) is 24.1 Å². The van der Waals surface area contributed by atoms with Gasteiger partial charge in [0.25, 0.3) is 0 Å². The topological polar surface area (TPSA) is 47.0 Å². The predicted molar refractivity (Wildman–Crippen MR) is 73.3 cm³/mol. The lowest BCUT2D eigenvalue weighted by Crippen LogP contribution is -2.17. The Bertz CT molecular complexity index is 502. The molecule has 0 bridgehead atoms. The van der Waals surface area contributed by atoms with Crippen LogP contribution in [0.25, 0.3) is 0 Å². The number of aryl methyl sites for hydroxylation is 2. The van der Waals surface area contributed by atoms with Crippen molar-refractivity contribution in [2.45, 2.75) is 19.9 Å². The van der Waals surface area contributed by atoms with Gasteiger partial charge in [-0.2, -0.15) is 0 Å². The van der Waals surface area contributed by atoms with Crippen molar-refractivity contribution >= 4 is 11.3 Å². The van der Waals surface area contributed by atoms with E-state index in [1.54, 1.807) is 18.4 Å². The quantitative estimate of drug-likeness (QED) is 0.920. The van der Waals surface area contributed by atoms with E-state index >= 15 is 0 Å². The zero-order valence-corrected chi connectivity index (χ0v) is 11.8. The molecule has 0 aliphatic rings. The average Bonchev–Trinajstić information content (AvgIpc) is 2.71. The molecule has 2 heterocycles. The van der Waals surface area contributed by atoms with Gasteiger partial charge in [-0.1, -0.05) is 6.07 Å². The molecule has 18 heavy (non-hydrogen) atoms. The van der Waals surface area contributed by atoms with Crippen LogP contribution in [-0.2, 0) is 0 Å². The first-order valence-electron chi connectivity index (χ1n) is 5.77. The Kier molecular flexibility index (Phi) is 3.93. The number of thiazole rings is 1. The van der Waals surface area contributed by atoms with Crippen LogP contribution in [0.4, 0.5) is 0 Å². The highest BCUT2D eigenvalue weighted by Crippen LogP contribution is 2.27. The first kappa shape index (κ1) is 13.0. The number of hydrogen-bond acceptors (Lipinski definition) is 5. The third-order valence-corrected chi connectivity index (χ3v) is 4.02. The number of pyridine rings is 1. The van der Waals surface area contributed by atoms with Gasteiger partial charge < -0.3 is 10.1 Å². The number of methoxy groups -OCH3 is 1. The van der Waals surface area contributed by atoms with Crippen molar-refractivity contribution in [2.75, 3.05) is 14.2 Å². The minimum Gasteiger partial charge on any atom is -0.481 e. The van der Waals surface area contributed by atoms with E-state index in [9.17, 15) is 0 Å². The maximum Gasteiger partial charge on any atom is 0.212 e. The van der Waals surface area contributed by atoms with Gasteiger partial charge in [-0.3, -0.25) is 0 Å². The van der Waals surface area contributed by atoms with Crippen molar-refractivity contribution in [1.29, 1.82) is 0 Å². The molecule has 1 unspecified atom stereocenters. The van der Waals surface area contributed by atoms with Gasteiger partial charge in [0.2, 0.25) is 5.88 Å². The van der Waals surface area contributed by atoms with Gasteiger partial charge in [-0.25, -0.2) is 9.97 Å². The van der Waals surface area contributed by atoms with Gasteiger partial charge in [0.05, 0.1) is 18.8 Å². The Labute approximate surface area is 111 Å². The van der Waals surface area contributed by atoms with Crippen LogP contribution in [0.3, 0.4) is 0 Å². The first-order valence-corrected chi connectivity index (χ1v) is 6.58. The van der Waals surface area contributed by atoms with Crippen molar-refractivity contribution in [3.8, 4) is 5.88 Å². The summed E-state index contributed by atoms with van der Waals surface area (Å²) in [5.41, 5.74) is 2.18. The summed E-state index contributed by atoms with van der Waals surface area (Å²) in [6.07, 6.45) is 1.83. The minimum absolute atomic E-state index is 0.0841. The Morgan fingerprint density at radius 1 is 1.33 bits per heavy atom. The number of nitrogens with one attached hydrogen (secondary N) is 1. The van der Waals surface area contributed by atoms with Crippen molar-refractivity contribution < 1.29 is 4.74 Å². The second-order valence-corrected chi connectivity index (χ2v) is 5.28. The molecule has 0 aliphatic carbocycles. The Morgan fingerprint density at radius 3 is 2.56 bits per heavy atom. The molecule has 0 aliphatic heterocycles. The maximum atomic E-state index is 5.07.